The lowest BCUT2D eigenvalue weighted by molar-refractivity contribution is 0.154. The predicted octanol–water partition coefficient (Wildman–Crippen LogP) is 9.47. The molecule has 0 saturated heterocycles. The summed E-state index contributed by atoms with van der Waals surface area (Å²) in [6.45, 7) is 4.54. The van der Waals surface area contributed by atoms with Gasteiger partial charge >= 0.3 is 0 Å². The van der Waals surface area contributed by atoms with Gasteiger partial charge in [-0.3, -0.25) is 0 Å². The van der Waals surface area contributed by atoms with Gasteiger partial charge in [0.15, 0.2) is 0 Å². The van der Waals surface area contributed by atoms with Crippen LogP contribution in [0.3, 0.4) is 0 Å². The molecule has 0 bridgehead atoms. The molecule has 2 aromatic rings. The molecule has 2 aliphatic carbocycles. The van der Waals surface area contributed by atoms with E-state index < -0.39 is 0 Å². The first-order chi connectivity index (χ1) is 15.7. The third kappa shape index (κ3) is 6.37. The van der Waals surface area contributed by atoms with Gasteiger partial charge in [0.25, 0.3) is 0 Å². The molecule has 4 rings (SSSR count). The van der Waals surface area contributed by atoms with Crippen molar-refractivity contribution in [3.63, 3.8) is 0 Å². The lowest BCUT2D eigenvalue weighted by Crippen LogP contribution is -2.25. The van der Waals surface area contributed by atoms with Gasteiger partial charge in [-0.2, -0.15) is 0 Å². The number of hydrogen-bond acceptors (Lipinski definition) is 0. The van der Waals surface area contributed by atoms with Gasteiger partial charge in [-0.1, -0.05) is 86.5 Å². The first kappa shape index (κ1) is 23.3. The zero-order chi connectivity index (χ0) is 22.2. The summed E-state index contributed by atoms with van der Waals surface area (Å²) >= 11 is 0. The van der Waals surface area contributed by atoms with Crippen LogP contribution in [0, 0.1) is 17.8 Å². The highest BCUT2D eigenvalue weighted by molar-refractivity contribution is 5.26. The summed E-state index contributed by atoms with van der Waals surface area (Å²) in [4.78, 5) is 0. The van der Waals surface area contributed by atoms with E-state index in [1.54, 1.807) is 5.56 Å². The Bertz CT molecular complexity index is 799. The summed E-state index contributed by atoms with van der Waals surface area (Å²) in [5, 5.41) is 0. The van der Waals surface area contributed by atoms with Crippen molar-refractivity contribution in [2.75, 3.05) is 0 Å². The third-order valence-corrected chi connectivity index (χ3v) is 8.67. The third-order valence-electron chi connectivity index (χ3n) is 8.67. The van der Waals surface area contributed by atoms with Crippen molar-refractivity contribution < 1.29 is 0 Å². The summed E-state index contributed by atoms with van der Waals surface area (Å²) < 4.78 is 0. The Morgan fingerprint density at radius 1 is 0.781 bits per heavy atom. The quantitative estimate of drug-likeness (QED) is 0.367. The summed E-state index contributed by atoms with van der Waals surface area (Å²) in [7, 11) is 0. The van der Waals surface area contributed by atoms with Crippen LogP contribution in [-0.4, -0.2) is 0 Å². The van der Waals surface area contributed by atoms with Crippen LogP contribution in [0.4, 0.5) is 0 Å². The van der Waals surface area contributed by atoms with Gasteiger partial charge in [0.2, 0.25) is 0 Å². The van der Waals surface area contributed by atoms with Crippen molar-refractivity contribution in [3.8, 4) is 0 Å². The second kappa shape index (κ2) is 11.9. The molecule has 2 aromatic carbocycles. The molecule has 32 heavy (non-hydrogen) atoms. The average molecular weight is 429 g/mol. The van der Waals surface area contributed by atoms with E-state index in [1.807, 2.05) is 0 Å². The number of allylic oxidation sites excluding steroid dienone is 2. The van der Waals surface area contributed by atoms with E-state index in [1.165, 1.54) is 75.3 Å². The molecule has 0 heteroatoms. The van der Waals surface area contributed by atoms with E-state index in [-0.39, 0.29) is 0 Å². The Labute approximate surface area is 197 Å². The minimum Gasteiger partial charge on any atom is -0.0917 e. The highest BCUT2D eigenvalue weighted by atomic mass is 14.4. The summed E-state index contributed by atoms with van der Waals surface area (Å²) in [6, 6.07) is 20.8. The first-order valence-corrected chi connectivity index (χ1v) is 13.5. The Kier molecular flexibility index (Phi) is 8.66. The molecule has 0 aliphatic heterocycles. The standard InChI is InChI=1S/C32H44/c1-3-4-6-9-26-12-16-29(17-13-26)31-20-22-32(23-21-31)30-18-14-27(15-19-30)24-25(2)28-10-7-5-8-11-28/h3-5,7-8,10-13,16-17,25,27,30-32H,6,9,14-15,18-24H2,1-2H3/t25-,27?,30?,31?,32?/m0/s1. The molecule has 0 radical (unpaired) electrons. The van der Waals surface area contributed by atoms with Crippen LogP contribution in [0.2, 0.25) is 0 Å². The number of benzene rings is 2. The lowest BCUT2D eigenvalue weighted by Gasteiger charge is -2.38. The topological polar surface area (TPSA) is 0 Å². The normalized spacial score (nSPS) is 27.4. The zero-order valence-corrected chi connectivity index (χ0v) is 20.5. The van der Waals surface area contributed by atoms with Gasteiger partial charge in [-0.15, -0.1) is 0 Å². The molecule has 2 aliphatic rings. The van der Waals surface area contributed by atoms with Crippen molar-refractivity contribution in [1.82, 2.24) is 0 Å². The smallest absolute Gasteiger partial charge is 0.0162 e. The van der Waals surface area contributed by atoms with E-state index in [9.17, 15) is 0 Å². The van der Waals surface area contributed by atoms with Crippen LogP contribution >= 0.6 is 0 Å². The lowest BCUT2D eigenvalue weighted by atomic mass is 9.67. The van der Waals surface area contributed by atoms with Crippen molar-refractivity contribution in [2.24, 2.45) is 17.8 Å². The second-order valence-electron chi connectivity index (χ2n) is 10.8. The van der Waals surface area contributed by atoms with Crippen LogP contribution in [0.5, 0.6) is 0 Å². The minimum atomic E-state index is 0.711. The Morgan fingerprint density at radius 3 is 2.03 bits per heavy atom. The fourth-order valence-corrected chi connectivity index (χ4v) is 6.61. The molecular weight excluding hydrogens is 384 g/mol. The molecule has 0 spiro atoms. The molecule has 0 N–H and O–H groups in total. The molecule has 2 saturated carbocycles. The van der Waals surface area contributed by atoms with E-state index in [4.69, 9.17) is 0 Å². The maximum absolute atomic E-state index is 2.43. The molecule has 0 amide bonds. The van der Waals surface area contributed by atoms with E-state index in [0.717, 1.165) is 30.1 Å². The van der Waals surface area contributed by atoms with Crippen LogP contribution in [0.15, 0.2) is 66.7 Å². The predicted molar refractivity (Wildman–Crippen MR) is 139 cm³/mol. The summed E-state index contributed by atoms with van der Waals surface area (Å²) in [5.74, 6) is 4.47. The Hall–Kier alpha value is -1.82. The highest BCUT2D eigenvalue weighted by Crippen LogP contribution is 2.45. The second-order valence-corrected chi connectivity index (χ2v) is 10.8. The average Bonchev–Trinajstić information content (AvgIpc) is 2.86. The van der Waals surface area contributed by atoms with Gasteiger partial charge in [-0.25, -0.2) is 0 Å². The number of hydrogen-bond donors (Lipinski definition) is 0. The van der Waals surface area contributed by atoms with Crippen LogP contribution in [0.25, 0.3) is 0 Å². The maximum atomic E-state index is 2.43. The largest absolute Gasteiger partial charge is 0.0917 e. The van der Waals surface area contributed by atoms with Gasteiger partial charge < -0.3 is 0 Å². The van der Waals surface area contributed by atoms with Crippen molar-refractivity contribution in [3.05, 3.63) is 83.4 Å². The molecule has 0 heterocycles. The summed E-state index contributed by atoms with van der Waals surface area (Å²) in [6.07, 6.45) is 19.8. The Balaban J connectivity index is 1.19. The molecule has 2 fully saturated rings. The molecular formula is C32H44. The number of aryl methyl sites for hydroxylation is 1. The maximum Gasteiger partial charge on any atom is -0.0162 e. The van der Waals surface area contributed by atoms with Crippen LogP contribution < -0.4 is 0 Å². The van der Waals surface area contributed by atoms with Crippen molar-refractivity contribution >= 4 is 0 Å². The molecule has 1 atom stereocenters. The fraction of sp³-hybridized carbons (Fsp3) is 0.562. The summed E-state index contributed by atoms with van der Waals surface area (Å²) in [5.41, 5.74) is 4.61. The van der Waals surface area contributed by atoms with Gasteiger partial charge in [-0.05, 0) is 111 Å². The Morgan fingerprint density at radius 2 is 1.41 bits per heavy atom. The van der Waals surface area contributed by atoms with E-state index in [0.29, 0.717) is 5.92 Å². The van der Waals surface area contributed by atoms with E-state index >= 15 is 0 Å². The minimum absolute atomic E-state index is 0.711. The van der Waals surface area contributed by atoms with Crippen molar-refractivity contribution in [2.45, 2.75) is 96.3 Å². The SMILES string of the molecule is CC=CCCc1ccc(C2CCC(C3CCC(C[C@H](C)c4ccccc4)CC3)CC2)cc1. The van der Waals surface area contributed by atoms with Crippen LogP contribution in [-0.2, 0) is 6.42 Å². The van der Waals surface area contributed by atoms with Gasteiger partial charge in [0, 0.05) is 0 Å². The number of rotatable bonds is 8. The van der Waals surface area contributed by atoms with Gasteiger partial charge in [0.1, 0.15) is 0 Å². The van der Waals surface area contributed by atoms with Crippen molar-refractivity contribution in [1.29, 1.82) is 0 Å². The highest BCUT2D eigenvalue weighted by Gasteiger charge is 2.31. The van der Waals surface area contributed by atoms with Crippen LogP contribution in [0.1, 0.15) is 107 Å². The zero-order valence-electron chi connectivity index (χ0n) is 20.5. The fourth-order valence-electron chi connectivity index (χ4n) is 6.61. The molecule has 172 valence electrons. The molecule has 0 aromatic heterocycles. The molecule has 0 unspecified atom stereocenters. The first-order valence-electron chi connectivity index (χ1n) is 13.5. The molecule has 0 nitrogen and oxygen atoms in total. The monoisotopic (exact) mass is 428 g/mol. The van der Waals surface area contributed by atoms with E-state index in [2.05, 4.69) is 80.6 Å². The van der Waals surface area contributed by atoms with Gasteiger partial charge in [0.05, 0.1) is 0 Å².